The Bertz CT molecular complexity index is 150. The van der Waals surface area contributed by atoms with E-state index in [9.17, 15) is 4.79 Å². The van der Waals surface area contributed by atoms with Gasteiger partial charge >= 0.3 is 5.97 Å². The molecule has 3 nitrogen and oxygen atoms in total. The maximum absolute atomic E-state index is 10.7. The van der Waals surface area contributed by atoms with Gasteiger partial charge in [0.2, 0.25) is 0 Å². The van der Waals surface area contributed by atoms with Crippen molar-refractivity contribution < 1.29 is 14.6 Å². The van der Waals surface area contributed by atoms with E-state index in [4.69, 9.17) is 9.84 Å². The van der Waals surface area contributed by atoms with Gasteiger partial charge in [0.1, 0.15) is 6.10 Å². The van der Waals surface area contributed by atoms with E-state index in [1.165, 1.54) is 6.92 Å². The molecular weight excluding hydrogens is 156 g/mol. The van der Waals surface area contributed by atoms with Crippen molar-refractivity contribution in [3.63, 3.8) is 0 Å². The molecule has 0 aliphatic rings. The third kappa shape index (κ3) is 5.92. The molecule has 0 amide bonds. The van der Waals surface area contributed by atoms with Crippen LogP contribution in [0.2, 0.25) is 0 Å². The Balaban J connectivity index is 3.31. The number of esters is 1. The number of hydrogen-bond acceptors (Lipinski definition) is 3. The van der Waals surface area contributed by atoms with Crippen LogP contribution in [-0.2, 0) is 9.53 Å². The van der Waals surface area contributed by atoms with Gasteiger partial charge in [-0.15, -0.1) is 0 Å². The van der Waals surface area contributed by atoms with Gasteiger partial charge in [0, 0.05) is 0 Å². The van der Waals surface area contributed by atoms with Crippen molar-refractivity contribution in [2.45, 2.75) is 32.8 Å². The minimum atomic E-state index is -1.01. The van der Waals surface area contributed by atoms with Crippen molar-refractivity contribution in [1.82, 2.24) is 0 Å². The normalized spacial score (nSPS) is 13.2. The first-order valence-corrected chi connectivity index (χ1v) is 4.18. The summed E-state index contributed by atoms with van der Waals surface area (Å²) in [7, 11) is 0. The fourth-order valence-corrected chi connectivity index (χ4v) is 0.633. The highest BCUT2D eigenvalue weighted by Gasteiger charge is 2.08. The van der Waals surface area contributed by atoms with Crippen molar-refractivity contribution in [2.75, 3.05) is 6.61 Å². The maximum atomic E-state index is 10.7. The van der Waals surface area contributed by atoms with Gasteiger partial charge in [-0.2, -0.15) is 0 Å². The zero-order chi connectivity index (χ0) is 9.40. The number of ether oxygens (including phenoxy) is 1. The van der Waals surface area contributed by atoms with Crippen LogP contribution in [0.15, 0.2) is 12.2 Å². The molecule has 0 saturated carbocycles. The number of allylic oxidation sites excluding steroid dienone is 1. The topological polar surface area (TPSA) is 46.5 Å². The minimum Gasteiger partial charge on any atom is -0.463 e. The van der Waals surface area contributed by atoms with Crippen LogP contribution in [0.1, 0.15) is 26.7 Å². The first kappa shape index (κ1) is 11.2. The van der Waals surface area contributed by atoms with Crippen LogP contribution < -0.4 is 0 Å². The number of hydrogen-bond donors (Lipinski definition) is 1. The lowest BCUT2D eigenvalue weighted by molar-refractivity contribution is -0.152. The first-order chi connectivity index (χ1) is 5.68. The van der Waals surface area contributed by atoms with Gasteiger partial charge in [-0.25, -0.2) is 4.79 Å². The van der Waals surface area contributed by atoms with Crippen LogP contribution in [-0.4, -0.2) is 23.8 Å². The van der Waals surface area contributed by atoms with Crippen molar-refractivity contribution in [3.05, 3.63) is 12.2 Å². The van der Waals surface area contributed by atoms with Crippen LogP contribution >= 0.6 is 0 Å². The third-order valence-corrected chi connectivity index (χ3v) is 1.27. The highest BCUT2D eigenvalue weighted by Crippen LogP contribution is 1.91. The molecule has 0 radical (unpaired) electrons. The SMILES string of the molecule is CC/C=C\CCOC(=O)[C@@H](C)O. The molecular formula is C9H16O3. The van der Waals surface area contributed by atoms with E-state index in [0.29, 0.717) is 13.0 Å². The molecule has 0 rings (SSSR count). The molecule has 12 heavy (non-hydrogen) atoms. The van der Waals surface area contributed by atoms with E-state index in [-0.39, 0.29) is 0 Å². The van der Waals surface area contributed by atoms with Crippen molar-refractivity contribution in [1.29, 1.82) is 0 Å². The van der Waals surface area contributed by atoms with Gasteiger partial charge in [-0.05, 0) is 19.8 Å². The highest BCUT2D eigenvalue weighted by molar-refractivity contribution is 5.73. The summed E-state index contributed by atoms with van der Waals surface area (Å²) < 4.78 is 4.71. The van der Waals surface area contributed by atoms with Crippen LogP contribution in [0.3, 0.4) is 0 Å². The Morgan fingerprint density at radius 2 is 2.25 bits per heavy atom. The highest BCUT2D eigenvalue weighted by atomic mass is 16.5. The van der Waals surface area contributed by atoms with E-state index in [2.05, 4.69) is 0 Å². The molecule has 1 N–H and O–H groups in total. The molecule has 0 aromatic heterocycles. The smallest absolute Gasteiger partial charge is 0.334 e. The second-order valence-electron chi connectivity index (χ2n) is 2.51. The fourth-order valence-electron chi connectivity index (χ4n) is 0.633. The summed E-state index contributed by atoms with van der Waals surface area (Å²) in [4.78, 5) is 10.7. The number of carbonyl (C=O) groups excluding carboxylic acids is 1. The zero-order valence-electron chi connectivity index (χ0n) is 7.62. The largest absolute Gasteiger partial charge is 0.463 e. The average molecular weight is 172 g/mol. The van der Waals surface area contributed by atoms with E-state index < -0.39 is 12.1 Å². The second-order valence-corrected chi connectivity index (χ2v) is 2.51. The average Bonchev–Trinajstić information content (AvgIpc) is 2.03. The van der Waals surface area contributed by atoms with E-state index >= 15 is 0 Å². The van der Waals surface area contributed by atoms with Gasteiger partial charge in [-0.1, -0.05) is 19.1 Å². The lowest BCUT2D eigenvalue weighted by Gasteiger charge is -2.03. The van der Waals surface area contributed by atoms with E-state index in [1.54, 1.807) is 0 Å². The maximum Gasteiger partial charge on any atom is 0.334 e. The molecule has 0 saturated heterocycles. The molecule has 0 spiro atoms. The Labute approximate surface area is 73.0 Å². The molecule has 0 aromatic rings. The molecule has 0 heterocycles. The summed E-state index contributed by atoms with van der Waals surface area (Å²) in [5, 5.41) is 8.73. The summed E-state index contributed by atoms with van der Waals surface area (Å²) >= 11 is 0. The van der Waals surface area contributed by atoms with Crippen LogP contribution in [0.4, 0.5) is 0 Å². The lowest BCUT2D eigenvalue weighted by Crippen LogP contribution is -2.19. The van der Waals surface area contributed by atoms with E-state index in [0.717, 1.165) is 6.42 Å². The van der Waals surface area contributed by atoms with Crippen molar-refractivity contribution >= 4 is 5.97 Å². The molecule has 0 unspecified atom stereocenters. The minimum absolute atomic E-state index is 0.347. The van der Waals surface area contributed by atoms with Gasteiger partial charge in [-0.3, -0.25) is 0 Å². The van der Waals surface area contributed by atoms with Crippen LogP contribution in [0, 0.1) is 0 Å². The number of aliphatic hydroxyl groups excluding tert-OH is 1. The van der Waals surface area contributed by atoms with Crippen molar-refractivity contribution in [3.8, 4) is 0 Å². The molecule has 0 aromatic carbocycles. The molecule has 1 atom stereocenters. The lowest BCUT2D eigenvalue weighted by atomic mass is 10.3. The van der Waals surface area contributed by atoms with Crippen molar-refractivity contribution in [2.24, 2.45) is 0 Å². The van der Waals surface area contributed by atoms with E-state index in [1.807, 2.05) is 19.1 Å². The molecule has 70 valence electrons. The number of aliphatic hydroxyl groups is 1. The molecule has 0 fully saturated rings. The monoisotopic (exact) mass is 172 g/mol. The van der Waals surface area contributed by atoms with Gasteiger partial charge in [0.05, 0.1) is 6.61 Å². The first-order valence-electron chi connectivity index (χ1n) is 4.18. The standard InChI is InChI=1S/C9H16O3/c1-3-4-5-6-7-12-9(11)8(2)10/h4-5,8,10H,3,6-7H2,1-2H3/b5-4-/t8-/m1/s1. The van der Waals surface area contributed by atoms with Crippen LogP contribution in [0.5, 0.6) is 0 Å². The second kappa shape index (κ2) is 6.85. The summed E-state index contributed by atoms with van der Waals surface area (Å²) in [6, 6.07) is 0. The molecule has 0 bridgehead atoms. The molecule has 0 aliphatic carbocycles. The molecule has 0 aliphatic heterocycles. The van der Waals surface area contributed by atoms with Gasteiger partial charge in [0.15, 0.2) is 0 Å². The zero-order valence-corrected chi connectivity index (χ0v) is 7.62. The fraction of sp³-hybridized carbons (Fsp3) is 0.667. The Morgan fingerprint density at radius 1 is 1.58 bits per heavy atom. The van der Waals surface area contributed by atoms with Gasteiger partial charge in [0.25, 0.3) is 0 Å². The summed E-state index contributed by atoms with van der Waals surface area (Å²) in [6.07, 6.45) is 4.66. The third-order valence-electron chi connectivity index (χ3n) is 1.27. The predicted molar refractivity (Wildman–Crippen MR) is 46.7 cm³/mol. The number of carbonyl (C=O) groups is 1. The summed E-state index contributed by atoms with van der Waals surface area (Å²) in [6.45, 7) is 3.78. The Kier molecular flexibility index (Phi) is 6.38. The molecule has 3 heteroatoms. The Morgan fingerprint density at radius 3 is 2.75 bits per heavy atom. The number of rotatable bonds is 5. The van der Waals surface area contributed by atoms with Gasteiger partial charge < -0.3 is 9.84 Å². The summed E-state index contributed by atoms with van der Waals surface area (Å²) in [5.74, 6) is -0.556. The predicted octanol–water partition coefficient (Wildman–Crippen LogP) is 1.27. The Hall–Kier alpha value is -0.830. The van der Waals surface area contributed by atoms with Crippen LogP contribution in [0.25, 0.3) is 0 Å². The summed E-state index contributed by atoms with van der Waals surface area (Å²) in [5.41, 5.74) is 0. The quantitative estimate of drug-likeness (QED) is 0.386.